The van der Waals surface area contributed by atoms with Crippen molar-refractivity contribution in [3.8, 4) is 17.1 Å². The van der Waals surface area contributed by atoms with Crippen molar-refractivity contribution in [2.75, 3.05) is 43.9 Å². The third-order valence-electron chi connectivity index (χ3n) is 4.98. The molecule has 1 aliphatic rings. The minimum Gasteiger partial charge on any atom is -0.497 e. The van der Waals surface area contributed by atoms with Crippen LogP contribution in [0.25, 0.3) is 11.4 Å². The molecule has 30 heavy (non-hydrogen) atoms. The minimum atomic E-state index is -0.231. The first-order valence-corrected chi connectivity index (χ1v) is 10.6. The third kappa shape index (κ3) is 4.56. The van der Waals surface area contributed by atoms with Crippen molar-refractivity contribution in [3.05, 3.63) is 54.3 Å². The van der Waals surface area contributed by atoms with Gasteiger partial charge in [-0.05, 0) is 36.4 Å². The number of ether oxygens (including phenoxy) is 1. The van der Waals surface area contributed by atoms with Gasteiger partial charge in [0.2, 0.25) is 11.1 Å². The number of aromatic nitrogens is 3. The number of para-hydroxylation sites is 1. The van der Waals surface area contributed by atoms with Gasteiger partial charge in [0.1, 0.15) is 11.6 Å². The average Bonchev–Trinajstić information content (AvgIpc) is 3.27. The number of nitrogens with zero attached hydrogens (tertiary/aromatic N) is 4. The number of amides is 1. The Morgan fingerprint density at radius 1 is 1.13 bits per heavy atom. The Labute approximate surface area is 178 Å². The number of hydrogen-bond acceptors (Lipinski definition) is 6. The van der Waals surface area contributed by atoms with Crippen LogP contribution in [-0.4, -0.2) is 65.0 Å². The second kappa shape index (κ2) is 9.17. The van der Waals surface area contributed by atoms with Gasteiger partial charge in [-0.2, -0.15) is 0 Å². The van der Waals surface area contributed by atoms with Gasteiger partial charge in [0.05, 0.1) is 18.6 Å². The Morgan fingerprint density at radius 3 is 2.57 bits per heavy atom. The third-order valence-corrected chi connectivity index (χ3v) is 5.81. The van der Waals surface area contributed by atoms with Crippen LogP contribution in [0.2, 0.25) is 0 Å². The van der Waals surface area contributed by atoms with Crippen LogP contribution in [0.5, 0.6) is 5.75 Å². The lowest BCUT2D eigenvalue weighted by Gasteiger charge is -2.36. The van der Waals surface area contributed by atoms with Gasteiger partial charge >= 0.3 is 0 Å². The summed E-state index contributed by atoms with van der Waals surface area (Å²) in [5, 5.41) is 7.62. The summed E-state index contributed by atoms with van der Waals surface area (Å²) in [5.74, 6) is 1.48. The van der Waals surface area contributed by atoms with Crippen LogP contribution in [-0.2, 0) is 4.79 Å². The molecule has 0 aliphatic carbocycles. The van der Waals surface area contributed by atoms with Gasteiger partial charge in [-0.15, -0.1) is 5.10 Å². The number of methoxy groups -OCH3 is 1. The summed E-state index contributed by atoms with van der Waals surface area (Å²) in [6.07, 6.45) is 0. The van der Waals surface area contributed by atoms with E-state index >= 15 is 0 Å². The molecule has 1 saturated heterocycles. The first-order valence-electron chi connectivity index (χ1n) is 9.61. The highest BCUT2D eigenvalue weighted by molar-refractivity contribution is 7.99. The van der Waals surface area contributed by atoms with Gasteiger partial charge < -0.3 is 14.5 Å². The molecule has 2 aromatic carbocycles. The molecule has 0 unspecified atom stereocenters. The number of thioether (sulfide) groups is 1. The number of hydrogen-bond donors (Lipinski definition) is 1. The van der Waals surface area contributed by atoms with Crippen LogP contribution in [0.1, 0.15) is 0 Å². The van der Waals surface area contributed by atoms with Gasteiger partial charge in [0.25, 0.3) is 0 Å². The van der Waals surface area contributed by atoms with Crippen LogP contribution >= 0.6 is 11.8 Å². The van der Waals surface area contributed by atoms with Crippen LogP contribution in [0, 0.1) is 5.82 Å². The Kier molecular flexibility index (Phi) is 6.18. The molecule has 3 aromatic rings. The molecule has 156 valence electrons. The maximum Gasteiger partial charge on any atom is 0.233 e. The van der Waals surface area contributed by atoms with Gasteiger partial charge in [-0.25, -0.2) is 9.37 Å². The van der Waals surface area contributed by atoms with Crippen molar-refractivity contribution < 1.29 is 13.9 Å². The minimum absolute atomic E-state index is 0.0315. The lowest BCUT2D eigenvalue weighted by molar-refractivity contribution is -0.128. The number of anilines is 1. The highest BCUT2D eigenvalue weighted by atomic mass is 32.2. The number of nitrogens with one attached hydrogen (secondary N) is 1. The number of piperazine rings is 1. The van der Waals surface area contributed by atoms with Crippen molar-refractivity contribution >= 4 is 23.4 Å². The van der Waals surface area contributed by atoms with Crippen LogP contribution in [0.3, 0.4) is 0 Å². The van der Waals surface area contributed by atoms with E-state index < -0.39 is 0 Å². The molecule has 1 aliphatic heterocycles. The zero-order valence-electron chi connectivity index (χ0n) is 16.5. The van der Waals surface area contributed by atoms with Gasteiger partial charge in [0.15, 0.2) is 5.82 Å². The summed E-state index contributed by atoms with van der Waals surface area (Å²) in [6.45, 7) is 2.36. The number of halogens is 1. The first-order chi connectivity index (χ1) is 14.6. The van der Waals surface area contributed by atoms with E-state index in [0.29, 0.717) is 42.8 Å². The predicted octanol–water partition coefficient (Wildman–Crippen LogP) is 3.06. The molecule has 0 bridgehead atoms. The maximum atomic E-state index is 14.0. The number of H-pyrrole nitrogens is 1. The second-order valence-electron chi connectivity index (χ2n) is 6.80. The molecule has 1 N–H and O–H groups in total. The average molecular weight is 428 g/mol. The predicted molar refractivity (Wildman–Crippen MR) is 114 cm³/mol. The van der Waals surface area contributed by atoms with Crippen molar-refractivity contribution in [3.63, 3.8) is 0 Å². The standard InChI is InChI=1S/C21H22FN5O2S/c1-29-16-8-6-15(7-9-16)20-23-21(25-24-20)30-14-19(28)27-12-10-26(11-13-27)18-5-3-2-4-17(18)22/h2-9H,10-14H2,1H3,(H,23,24,25). The van der Waals surface area contributed by atoms with Crippen molar-refractivity contribution in [1.29, 1.82) is 0 Å². The number of benzene rings is 2. The molecule has 1 fully saturated rings. The van der Waals surface area contributed by atoms with E-state index in [-0.39, 0.29) is 17.5 Å². The van der Waals surface area contributed by atoms with Gasteiger partial charge in [0, 0.05) is 31.7 Å². The summed E-state index contributed by atoms with van der Waals surface area (Å²) >= 11 is 1.30. The van der Waals surface area contributed by atoms with E-state index in [2.05, 4.69) is 15.2 Å². The molecule has 0 spiro atoms. The molecule has 0 radical (unpaired) electrons. The summed E-state index contributed by atoms with van der Waals surface area (Å²) in [6, 6.07) is 14.2. The van der Waals surface area contributed by atoms with Crippen LogP contribution in [0.4, 0.5) is 10.1 Å². The number of rotatable bonds is 6. The Bertz CT molecular complexity index is 1000. The van der Waals surface area contributed by atoms with Crippen LogP contribution < -0.4 is 9.64 Å². The fourth-order valence-corrected chi connectivity index (χ4v) is 4.01. The Hall–Kier alpha value is -3.07. The van der Waals surface area contributed by atoms with E-state index in [1.807, 2.05) is 35.2 Å². The molecule has 7 nitrogen and oxygen atoms in total. The van der Waals surface area contributed by atoms with Crippen LogP contribution in [0.15, 0.2) is 53.7 Å². The lowest BCUT2D eigenvalue weighted by Crippen LogP contribution is -2.49. The monoisotopic (exact) mass is 427 g/mol. The van der Waals surface area contributed by atoms with Crippen molar-refractivity contribution in [2.24, 2.45) is 0 Å². The lowest BCUT2D eigenvalue weighted by atomic mass is 10.2. The number of carbonyl (C=O) groups excluding carboxylic acids is 1. The molecule has 2 heterocycles. The normalized spacial score (nSPS) is 14.1. The molecule has 9 heteroatoms. The fourth-order valence-electron chi connectivity index (χ4n) is 3.31. The van der Waals surface area contributed by atoms with E-state index in [1.165, 1.54) is 17.8 Å². The largest absolute Gasteiger partial charge is 0.497 e. The summed E-state index contributed by atoms with van der Waals surface area (Å²) in [5.41, 5.74) is 1.48. The SMILES string of the molecule is COc1ccc(-c2nc(SCC(=O)N3CCN(c4ccccc4F)CC3)n[nH]2)cc1. The van der Waals surface area contributed by atoms with Gasteiger partial charge in [-0.1, -0.05) is 23.9 Å². The van der Waals surface area contributed by atoms with Gasteiger partial charge in [-0.3, -0.25) is 9.89 Å². The number of carbonyl (C=O) groups is 1. The molecule has 4 rings (SSSR count). The Morgan fingerprint density at radius 2 is 1.87 bits per heavy atom. The topological polar surface area (TPSA) is 74.3 Å². The fraction of sp³-hybridized carbons (Fsp3) is 0.286. The Balaban J connectivity index is 1.28. The summed E-state index contributed by atoms with van der Waals surface area (Å²) < 4.78 is 19.1. The molecular weight excluding hydrogens is 405 g/mol. The zero-order valence-corrected chi connectivity index (χ0v) is 17.4. The molecular formula is C21H22FN5O2S. The van der Waals surface area contributed by atoms with Crippen molar-refractivity contribution in [2.45, 2.75) is 5.16 Å². The second-order valence-corrected chi connectivity index (χ2v) is 7.75. The molecule has 1 aromatic heterocycles. The maximum absolute atomic E-state index is 14.0. The highest BCUT2D eigenvalue weighted by Crippen LogP contribution is 2.23. The molecule has 0 saturated carbocycles. The highest BCUT2D eigenvalue weighted by Gasteiger charge is 2.23. The zero-order chi connectivity index (χ0) is 20.9. The summed E-state index contributed by atoms with van der Waals surface area (Å²) in [4.78, 5) is 20.8. The van der Waals surface area contributed by atoms with E-state index in [9.17, 15) is 9.18 Å². The molecule has 0 atom stereocenters. The van der Waals surface area contributed by atoms with E-state index in [4.69, 9.17) is 4.74 Å². The van der Waals surface area contributed by atoms with Crippen molar-refractivity contribution in [1.82, 2.24) is 20.1 Å². The number of aromatic amines is 1. The van der Waals surface area contributed by atoms with E-state index in [1.54, 1.807) is 24.1 Å². The first kappa shape index (κ1) is 20.2. The smallest absolute Gasteiger partial charge is 0.233 e. The van der Waals surface area contributed by atoms with E-state index in [0.717, 1.165) is 11.3 Å². The molecule has 1 amide bonds. The quantitative estimate of drug-likeness (QED) is 0.610. The summed E-state index contributed by atoms with van der Waals surface area (Å²) in [7, 11) is 1.62.